The Morgan fingerprint density at radius 2 is 1.86 bits per heavy atom. The van der Waals surface area contributed by atoms with E-state index in [1.54, 1.807) is 0 Å². The van der Waals surface area contributed by atoms with Gasteiger partial charge in [0.1, 0.15) is 0 Å². The number of carbonyl (C=O) groups excluding carboxylic acids is 1. The number of rotatable bonds is 6. The summed E-state index contributed by atoms with van der Waals surface area (Å²) < 4.78 is 6.28. The molecule has 1 aromatic rings. The van der Waals surface area contributed by atoms with Crippen molar-refractivity contribution in [2.45, 2.75) is 37.6 Å². The van der Waals surface area contributed by atoms with E-state index in [1.807, 2.05) is 24.3 Å². The Kier molecular flexibility index (Phi) is 5.97. The fraction of sp³-hybridized carbons (Fsp3) is 0.500. The van der Waals surface area contributed by atoms with Gasteiger partial charge in [0.25, 0.3) is 0 Å². The number of halogens is 1. The van der Waals surface area contributed by atoms with Crippen LogP contribution in [0.5, 0.6) is 0 Å². The molecule has 2 rings (SSSR count). The normalized spacial score (nSPS) is 17.0. The molecule has 5 nitrogen and oxygen atoms in total. The van der Waals surface area contributed by atoms with E-state index < -0.39 is 11.5 Å². The molecule has 1 aromatic carbocycles. The molecule has 1 saturated heterocycles. The second kappa shape index (κ2) is 7.74. The van der Waals surface area contributed by atoms with Crippen LogP contribution in [0.3, 0.4) is 0 Å². The van der Waals surface area contributed by atoms with E-state index in [0.717, 1.165) is 10.0 Å². The molecule has 2 N–H and O–H groups in total. The molecule has 0 unspecified atom stereocenters. The first-order valence-electron chi connectivity index (χ1n) is 7.34. The Morgan fingerprint density at radius 1 is 1.23 bits per heavy atom. The number of benzene rings is 1. The Balaban J connectivity index is 1.90. The van der Waals surface area contributed by atoms with E-state index in [1.165, 1.54) is 0 Å². The number of hydrogen-bond acceptors (Lipinski definition) is 3. The highest BCUT2D eigenvalue weighted by Crippen LogP contribution is 2.25. The van der Waals surface area contributed by atoms with E-state index >= 15 is 0 Å². The van der Waals surface area contributed by atoms with Gasteiger partial charge in [-0.1, -0.05) is 28.1 Å². The largest absolute Gasteiger partial charge is 0.481 e. The molecule has 1 aliphatic rings. The first kappa shape index (κ1) is 17.0. The smallest absolute Gasteiger partial charge is 0.305 e. The van der Waals surface area contributed by atoms with E-state index in [2.05, 4.69) is 21.2 Å². The molecule has 1 fully saturated rings. The number of carbonyl (C=O) groups is 2. The molecule has 0 radical (unpaired) electrons. The van der Waals surface area contributed by atoms with Crippen molar-refractivity contribution in [2.24, 2.45) is 0 Å². The molecule has 0 aromatic heterocycles. The lowest BCUT2D eigenvalue weighted by Gasteiger charge is -2.36. The standard InChI is InChI=1S/C16H20BrNO4/c17-13-4-1-12(2-5-13)3-6-14(19)18-16(11-15(20)21)7-9-22-10-8-16/h1-2,4-5H,3,6-11H2,(H,18,19)(H,20,21). The zero-order chi connectivity index (χ0) is 16.0. The molecule has 0 saturated carbocycles. The van der Waals surface area contributed by atoms with Crippen LogP contribution in [-0.2, 0) is 20.7 Å². The predicted octanol–water partition coefficient (Wildman–Crippen LogP) is 2.52. The summed E-state index contributed by atoms with van der Waals surface area (Å²) in [5.41, 5.74) is 0.415. The van der Waals surface area contributed by atoms with E-state index in [-0.39, 0.29) is 12.3 Å². The number of amides is 1. The van der Waals surface area contributed by atoms with Crippen molar-refractivity contribution < 1.29 is 19.4 Å². The third-order valence-electron chi connectivity index (χ3n) is 3.90. The number of carboxylic acids is 1. The van der Waals surface area contributed by atoms with Crippen LogP contribution >= 0.6 is 15.9 Å². The molecule has 22 heavy (non-hydrogen) atoms. The van der Waals surface area contributed by atoms with Crippen LogP contribution in [0.1, 0.15) is 31.2 Å². The summed E-state index contributed by atoms with van der Waals surface area (Å²) in [4.78, 5) is 23.3. The Morgan fingerprint density at radius 3 is 2.45 bits per heavy atom. The van der Waals surface area contributed by atoms with Crippen LogP contribution in [0.15, 0.2) is 28.7 Å². The summed E-state index contributed by atoms with van der Waals surface area (Å²) in [5, 5.41) is 12.0. The zero-order valence-corrected chi connectivity index (χ0v) is 13.9. The van der Waals surface area contributed by atoms with Gasteiger partial charge in [0, 0.05) is 24.1 Å². The van der Waals surface area contributed by atoms with Crippen molar-refractivity contribution in [1.82, 2.24) is 5.32 Å². The third kappa shape index (κ3) is 5.10. The van der Waals surface area contributed by atoms with Crippen LogP contribution in [-0.4, -0.2) is 35.7 Å². The lowest BCUT2D eigenvalue weighted by molar-refractivity contribution is -0.140. The number of ether oxygens (including phenoxy) is 1. The Labute approximate surface area is 138 Å². The lowest BCUT2D eigenvalue weighted by Crippen LogP contribution is -2.53. The predicted molar refractivity (Wildman–Crippen MR) is 85.6 cm³/mol. The van der Waals surface area contributed by atoms with Gasteiger partial charge in [-0.2, -0.15) is 0 Å². The first-order valence-corrected chi connectivity index (χ1v) is 8.13. The van der Waals surface area contributed by atoms with Crippen molar-refractivity contribution >= 4 is 27.8 Å². The van der Waals surface area contributed by atoms with Gasteiger partial charge in [-0.15, -0.1) is 0 Å². The maximum Gasteiger partial charge on any atom is 0.305 e. The highest BCUT2D eigenvalue weighted by atomic mass is 79.9. The number of hydrogen-bond donors (Lipinski definition) is 2. The zero-order valence-electron chi connectivity index (χ0n) is 12.3. The fourth-order valence-corrected chi connectivity index (χ4v) is 2.93. The van der Waals surface area contributed by atoms with Gasteiger partial charge in [-0.3, -0.25) is 9.59 Å². The van der Waals surface area contributed by atoms with E-state index in [4.69, 9.17) is 9.84 Å². The minimum absolute atomic E-state index is 0.0552. The van der Waals surface area contributed by atoms with Crippen molar-refractivity contribution in [3.05, 3.63) is 34.3 Å². The fourth-order valence-electron chi connectivity index (χ4n) is 2.66. The van der Waals surface area contributed by atoms with Gasteiger partial charge in [0.2, 0.25) is 5.91 Å². The third-order valence-corrected chi connectivity index (χ3v) is 4.43. The average molecular weight is 370 g/mol. The van der Waals surface area contributed by atoms with Crippen LogP contribution < -0.4 is 5.32 Å². The van der Waals surface area contributed by atoms with E-state index in [0.29, 0.717) is 38.9 Å². The van der Waals surface area contributed by atoms with Crippen LogP contribution in [0, 0.1) is 0 Å². The van der Waals surface area contributed by atoms with Crippen molar-refractivity contribution in [1.29, 1.82) is 0 Å². The Hall–Kier alpha value is -1.40. The maximum absolute atomic E-state index is 12.2. The monoisotopic (exact) mass is 369 g/mol. The van der Waals surface area contributed by atoms with Gasteiger partial charge in [-0.05, 0) is 37.0 Å². The van der Waals surface area contributed by atoms with Crippen LogP contribution in [0.25, 0.3) is 0 Å². The highest BCUT2D eigenvalue weighted by molar-refractivity contribution is 9.10. The molecular formula is C16H20BrNO4. The second-order valence-corrected chi connectivity index (χ2v) is 6.55. The quantitative estimate of drug-likeness (QED) is 0.807. The van der Waals surface area contributed by atoms with E-state index in [9.17, 15) is 9.59 Å². The minimum atomic E-state index is -0.893. The summed E-state index contributed by atoms with van der Waals surface area (Å²) in [5.74, 6) is -0.999. The second-order valence-electron chi connectivity index (χ2n) is 5.64. The summed E-state index contributed by atoms with van der Waals surface area (Å²) in [7, 11) is 0. The topological polar surface area (TPSA) is 75.6 Å². The lowest BCUT2D eigenvalue weighted by atomic mass is 9.86. The summed E-state index contributed by atoms with van der Waals surface area (Å²) in [6, 6.07) is 7.83. The van der Waals surface area contributed by atoms with Crippen LogP contribution in [0.4, 0.5) is 0 Å². The van der Waals surface area contributed by atoms with Gasteiger partial charge >= 0.3 is 5.97 Å². The highest BCUT2D eigenvalue weighted by Gasteiger charge is 2.36. The van der Waals surface area contributed by atoms with Gasteiger partial charge in [-0.25, -0.2) is 0 Å². The number of nitrogens with one attached hydrogen (secondary N) is 1. The average Bonchev–Trinajstić information content (AvgIpc) is 2.46. The van der Waals surface area contributed by atoms with Crippen molar-refractivity contribution in [2.75, 3.05) is 13.2 Å². The number of carboxylic acid groups (broad SMARTS) is 1. The summed E-state index contributed by atoms with van der Waals surface area (Å²) in [6.45, 7) is 0.973. The molecule has 6 heteroatoms. The molecular weight excluding hydrogens is 350 g/mol. The molecule has 0 atom stereocenters. The number of aryl methyl sites for hydroxylation is 1. The minimum Gasteiger partial charge on any atom is -0.481 e. The molecule has 0 bridgehead atoms. The maximum atomic E-state index is 12.2. The molecule has 120 valence electrons. The first-order chi connectivity index (χ1) is 10.5. The summed E-state index contributed by atoms with van der Waals surface area (Å²) >= 11 is 3.37. The van der Waals surface area contributed by atoms with Crippen molar-refractivity contribution in [3.63, 3.8) is 0 Å². The van der Waals surface area contributed by atoms with Gasteiger partial charge in [0.05, 0.1) is 12.0 Å². The molecule has 0 spiro atoms. The molecule has 0 aliphatic carbocycles. The Bertz CT molecular complexity index is 523. The molecule has 1 heterocycles. The van der Waals surface area contributed by atoms with Gasteiger partial charge in [0.15, 0.2) is 0 Å². The number of aliphatic carboxylic acids is 1. The SMILES string of the molecule is O=C(O)CC1(NC(=O)CCc2ccc(Br)cc2)CCOCC1. The summed E-state index contributed by atoms with van der Waals surface area (Å²) in [6.07, 6.45) is 2.02. The molecule has 1 amide bonds. The van der Waals surface area contributed by atoms with Gasteiger partial charge < -0.3 is 15.2 Å². The molecule has 1 aliphatic heterocycles. The van der Waals surface area contributed by atoms with Crippen molar-refractivity contribution in [3.8, 4) is 0 Å². The van der Waals surface area contributed by atoms with Crippen LogP contribution in [0.2, 0.25) is 0 Å².